The fraction of sp³-hybridized carbons (Fsp3) is 0.867. The van der Waals surface area contributed by atoms with Gasteiger partial charge in [0.1, 0.15) is 6.10 Å². The average Bonchev–Trinajstić information content (AvgIpc) is 2.23. The van der Waals surface area contributed by atoms with Crippen molar-refractivity contribution < 1.29 is 9.53 Å². The van der Waals surface area contributed by atoms with E-state index in [1.165, 1.54) is 0 Å². The Kier molecular flexibility index (Phi) is 4.84. The Hall–Kier alpha value is -1.24. The van der Waals surface area contributed by atoms with Crippen LogP contribution in [0.25, 0.3) is 0 Å². The van der Waals surface area contributed by atoms with Crippen molar-refractivity contribution in [1.29, 1.82) is 5.26 Å². The molecule has 1 rings (SSSR count). The number of nitrogens with one attached hydrogen (secondary N) is 1. The summed E-state index contributed by atoms with van der Waals surface area (Å²) in [6, 6.07) is 0. The van der Waals surface area contributed by atoms with E-state index in [2.05, 4.69) is 26.1 Å². The highest BCUT2D eigenvalue weighted by Gasteiger charge is 2.42. The summed E-state index contributed by atoms with van der Waals surface area (Å²) < 4.78 is 5.16. The topological polar surface area (TPSA) is 62.1 Å². The highest BCUT2D eigenvalue weighted by molar-refractivity contribution is 5.77. The number of hydrogen-bond acceptors (Lipinski definition) is 3. The first-order valence-corrected chi connectivity index (χ1v) is 7.00. The van der Waals surface area contributed by atoms with Gasteiger partial charge >= 0.3 is 0 Å². The molecule has 0 heterocycles. The minimum atomic E-state index is -0.0327. The van der Waals surface area contributed by atoms with E-state index in [9.17, 15) is 4.79 Å². The molecule has 1 saturated carbocycles. The molecule has 4 nitrogen and oxygen atoms in total. The lowest BCUT2D eigenvalue weighted by Gasteiger charge is -2.45. The molecule has 2 unspecified atom stereocenters. The minimum Gasteiger partial charge on any atom is -0.424 e. The number of carbonyl (C=O) groups is 1. The number of amides is 1. The van der Waals surface area contributed by atoms with Crippen LogP contribution in [0.1, 0.15) is 53.9 Å². The minimum absolute atomic E-state index is 0.00589. The molecule has 0 aliphatic heterocycles. The molecule has 0 aromatic heterocycles. The molecule has 0 saturated heterocycles. The van der Waals surface area contributed by atoms with Crippen LogP contribution in [0.4, 0.5) is 0 Å². The smallest absolute Gasteiger partial charge is 0.286 e. The van der Waals surface area contributed by atoms with E-state index in [0.717, 1.165) is 19.3 Å². The van der Waals surface area contributed by atoms with E-state index in [4.69, 9.17) is 10.00 Å². The van der Waals surface area contributed by atoms with Crippen LogP contribution in [0.5, 0.6) is 0 Å². The molecule has 0 aromatic rings. The normalized spacial score (nSPS) is 29.6. The van der Waals surface area contributed by atoms with Crippen molar-refractivity contribution >= 4 is 5.91 Å². The lowest BCUT2D eigenvalue weighted by Crippen LogP contribution is -2.46. The molecular weight excluding hydrogens is 240 g/mol. The van der Waals surface area contributed by atoms with Gasteiger partial charge in [-0.3, -0.25) is 4.79 Å². The Morgan fingerprint density at radius 2 is 2.05 bits per heavy atom. The SMILES string of the molecule is CC(C)C(=O)NCC1(C)CC(OC#N)CC(C)(C)C1. The van der Waals surface area contributed by atoms with Crippen molar-refractivity contribution in [3.05, 3.63) is 0 Å². The standard InChI is InChI=1S/C15H26N2O2/c1-11(2)13(18)17-9-15(5)7-12(19-10-16)6-14(3,4)8-15/h11-12H,6-9H2,1-5H3,(H,17,18). The predicted octanol–water partition coefficient (Wildman–Crippen LogP) is 2.84. The Bertz CT molecular complexity index is 371. The van der Waals surface area contributed by atoms with Gasteiger partial charge in [0.2, 0.25) is 5.91 Å². The molecule has 0 radical (unpaired) electrons. The summed E-state index contributed by atoms with van der Waals surface area (Å²) in [6.45, 7) is 11.0. The van der Waals surface area contributed by atoms with Crippen LogP contribution in [-0.4, -0.2) is 18.6 Å². The molecule has 1 fully saturated rings. The molecule has 0 bridgehead atoms. The van der Waals surface area contributed by atoms with E-state index in [-0.39, 0.29) is 28.8 Å². The molecule has 1 aliphatic rings. The van der Waals surface area contributed by atoms with Crippen LogP contribution in [0.2, 0.25) is 0 Å². The van der Waals surface area contributed by atoms with Crippen LogP contribution in [-0.2, 0) is 9.53 Å². The Morgan fingerprint density at radius 3 is 2.58 bits per heavy atom. The van der Waals surface area contributed by atoms with Crippen LogP contribution < -0.4 is 5.32 Å². The molecule has 0 spiro atoms. The van der Waals surface area contributed by atoms with Crippen LogP contribution in [0.15, 0.2) is 0 Å². The van der Waals surface area contributed by atoms with Gasteiger partial charge in [0.25, 0.3) is 6.26 Å². The zero-order valence-corrected chi connectivity index (χ0v) is 12.7. The van der Waals surface area contributed by atoms with Crippen LogP contribution in [0.3, 0.4) is 0 Å². The van der Waals surface area contributed by atoms with Crippen molar-refractivity contribution in [1.82, 2.24) is 5.32 Å². The van der Waals surface area contributed by atoms with Gasteiger partial charge in [-0.05, 0) is 30.1 Å². The molecule has 108 valence electrons. The first-order chi connectivity index (χ1) is 8.67. The number of rotatable bonds is 4. The zero-order chi connectivity index (χ0) is 14.7. The number of ether oxygens (including phenoxy) is 1. The van der Waals surface area contributed by atoms with Crippen molar-refractivity contribution in [2.24, 2.45) is 16.7 Å². The molecule has 4 heteroatoms. The first kappa shape index (κ1) is 15.8. The van der Waals surface area contributed by atoms with Crippen LogP contribution in [0, 0.1) is 28.3 Å². The third kappa shape index (κ3) is 4.74. The van der Waals surface area contributed by atoms with Gasteiger partial charge in [-0.15, -0.1) is 0 Å². The second-order valence-corrected chi connectivity index (χ2v) is 7.26. The summed E-state index contributed by atoms with van der Waals surface area (Å²) in [5.41, 5.74) is 0.130. The van der Waals surface area contributed by atoms with E-state index < -0.39 is 0 Å². The fourth-order valence-electron chi connectivity index (χ4n) is 3.33. The third-order valence-electron chi connectivity index (χ3n) is 3.84. The Labute approximate surface area is 116 Å². The summed E-state index contributed by atoms with van der Waals surface area (Å²) in [5.74, 6) is 0.0914. The lowest BCUT2D eigenvalue weighted by atomic mass is 9.63. The summed E-state index contributed by atoms with van der Waals surface area (Å²) in [7, 11) is 0. The quantitative estimate of drug-likeness (QED) is 0.796. The monoisotopic (exact) mass is 266 g/mol. The number of carbonyl (C=O) groups excluding carboxylic acids is 1. The van der Waals surface area contributed by atoms with Gasteiger partial charge in [0, 0.05) is 12.5 Å². The first-order valence-electron chi connectivity index (χ1n) is 7.00. The van der Waals surface area contributed by atoms with Crippen molar-refractivity contribution in [2.75, 3.05) is 6.54 Å². The molecule has 2 atom stereocenters. The maximum absolute atomic E-state index is 11.7. The Balaban J connectivity index is 2.68. The van der Waals surface area contributed by atoms with Crippen molar-refractivity contribution in [3.8, 4) is 6.26 Å². The van der Waals surface area contributed by atoms with Gasteiger partial charge in [-0.1, -0.05) is 34.6 Å². The highest BCUT2D eigenvalue weighted by Crippen LogP contribution is 2.46. The average molecular weight is 266 g/mol. The maximum Gasteiger partial charge on any atom is 0.286 e. The van der Waals surface area contributed by atoms with Gasteiger partial charge in [0.05, 0.1) is 0 Å². The molecule has 1 N–H and O–H groups in total. The fourth-order valence-corrected chi connectivity index (χ4v) is 3.33. The molecule has 19 heavy (non-hydrogen) atoms. The Morgan fingerprint density at radius 1 is 1.42 bits per heavy atom. The molecule has 1 aliphatic carbocycles. The maximum atomic E-state index is 11.7. The lowest BCUT2D eigenvalue weighted by molar-refractivity contribution is -0.125. The molecule has 0 aromatic carbocycles. The summed E-state index contributed by atoms with van der Waals surface area (Å²) in [6.07, 6.45) is 4.53. The summed E-state index contributed by atoms with van der Waals surface area (Å²) in [5, 5.41) is 11.7. The van der Waals surface area contributed by atoms with Gasteiger partial charge < -0.3 is 10.1 Å². The number of nitriles is 1. The zero-order valence-electron chi connectivity index (χ0n) is 12.7. The highest BCUT2D eigenvalue weighted by atomic mass is 16.5. The van der Waals surface area contributed by atoms with Gasteiger partial charge in [0.15, 0.2) is 0 Å². The third-order valence-corrected chi connectivity index (χ3v) is 3.84. The second-order valence-electron chi connectivity index (χ2n) is 7.26. The van der Waals surface area contributed by atoms with E-state index in [1.54, 1.807) is 0 Å². The van der Waals surface area contributed by atoms with E-state index in [1.807, 2.05) is 20.1 Å². The van der Waals surface area contributed by atoms with Crippen molar-refractivity contribution in [2.45, 2.75) is 60.0 Å². The molecule has 1 amide bonds. The summed E-state index contributed by atoms with van der Waals surface area (Å²) in [4.78, 5) is 11.7. The van der Waals surface area contributed by atoms with Crippen molar-refractivity contribution in [3.63, 3.8) is 0 Å². The van der Waals surface area contributed by atoms with E-state index in [0.29, 0.717) is 6.54 Å². The summed E-state index contributed by atoms with van der Waals surface area (Å²) >= 11 is 0. The van der Waals surface area contributed by atoms with Crippen LogP contribution >= 0.6 is 0 Å². The van der Waals surface area contributed by atoms with Gasteiger partial charge in [-0.2, -0.15) is 5.26 Å². The number of hydrogen-bond donors (Lipinski definition) is 1. The largest absolute Gasteiger partial charge is 0.424 e. The van der Waals surface area contributed by atoms with E-state index >= 15 is 0 Å². The number of nitrogens with zero attached hydrogens (tertiary/aromatic N) is 1. The van der Waals surface area contributed by atoms with Gasteiger partial charge in [-0.25, -0.2) is 0 Å². The molecular formula is C15H26N2O2. The predicted molar refractivity (Wildman–Crippen MR) is 74.1 cm³/mol. The second kappa shape index (κ2) is 5.81.